The second-order valence-corrected chi connectivity index (χ2v) is 6.76. The van der Waals surface area contributed by atoms with Gasteiger partial charge in [-0.25, -0.2) is 8.42 Å². The molecule has 5 heteroatoms. The van der Waals surface area contributed by atoms with Crippen LogP contribution in [0.5, 0.6) is 0 Å². The van der Waals surface area contributed by atoms with Crippen LogP contribution < -0.4 is 29.6 Å². The van der Waals surface area contributed by atoms with Crippen LogP contribution in [0, 0.1) is 5.92 Å². The first-order valence-corrected chi connectivity index (χ1v) is 8.36. The molecule has 1 aromatic carbocycles. The predicted octanol–water partition coefficient (Wildman–Crippen LogP) is 0.744. The summed E-state index contributed by atoms with van der Waals surface area (Å²) in [5, 5.41) is 0. The van der Waals surface area contributed by atoms with Crippen LogP contribution in [0.3, 0.4) is 0 Å². The third kappa shape index (κ3) is 7.79. The predicted molar refractivity (Wildman–Crippen MR) is 76.0 cm³/mol. The number of hydrogen-bond acceptors (Lipinski definition) is 3. The number of rotatable bonds is 8. The molecule has 0 aliphatic heterocycles. The molecule has 0 bridgehead atoms. The molecule has 0 atom stereocenters. The Morgan fingerprint density at radius 3 is 2.25 bits per heavy atom. The second-order valence-electron chi connectivity index (χ2n) is 5.41. The van der Waals surface area contributed by atoms with Crippen molar-refractivity contribution in [2.24, 2.45) is 5.92 Å². The summed E-state index contributed by atoms with van der Waals surface area (Å²) >= 11 is 0. The Hall–Kier alpha value is 0.130. The third-order valence-corrected chi connectivity index (χ3v) is 4.16. The fourth-order valence-electron chi connectivity index (χ4n) is 2.18. The number of benzene rings is 1. The minimum absolute atomic E-state index is 0. The number of aryl methyl sites for hydroxylation is 1. The number of hydrogen-bond donors (Lipinski definition) is 0. The Balaban J connectivity index is 0.00000361. The van der Waals surface area contributed by atoms with Crippen molar-refractivity contribution >= 4 is 10.1 Å². The van der Waals surface area contributed by atoms with Crippen LogP contribution >= 0.6 is 0 Å². The topological polar surface area (TPSA) is 57.2 Å². The Morgan fingerprint density at radius 1 is 1.05 bits per heavy atom. The van der Waals surface area contributed by atoms with Crippen LogP contribution in [-0.4, -0.2) is 13.0 Å². The van der Waals surface area contributed by atoms with Gasteiger partial charge in [-0.15, -0.1) is 0 Å². The van der Waals surface area contributed by atoms with Gasteiger partial charge in [0.25, 0.3) is 0 Å². The summed E-state index contributed by atoms with van der Waals surface area (Å²) in [5.41, 5.74) is 0.654. The Kier molecular flexibility index (Phi) is 10.0. The minimum atomic E-state index is -4.34. The van der Waals surface area contributed by atoms with Crippen LogP contribution in [0.1, 0.15) is 51.5 Å². The maximum absolute atomic E-state index is 11.1. The van der Waals surface area contributed by atoms with E-state index in [9.17, 15) is 13.0 Å². The first-order chi connectivity index (χ1) is 8.91. The molecule has 0 radical (unpaired) electrons. The van der Waals surface area contributed by atoms with Crippen LogP contribution in [0.15, 0.2) is 29.2 Å². The monoisotopic (exact) mass is 306 g/mol. The average molecular weight is 306 g/mol. The van der Waals surface area contributed by atoms with E-state index in [1.54, 1.807) is 18.2 Å². The zero-order valence-corrected chi connectivity index (χ0v) is 15.6. The maximum atomic E-state index is 11.1. The molecule has 108 valence electrons. The average Bonchev–Trinajstić information content (AvgIpc) is 2.32. The van der Waals surface area contributed by atoms with E-state index in [1.807, 2.05) is 0 Å². The molecule has 0 fully saturated rings. The number of unbranched alkanes of at least 4 members (excludes halogenated alkanes) is 3. The van der Waals surface area contributed by atoms with Crippen molar-refractivity contribution in [2.45, 2.75) is 57.3 Å². The van der Waals surface area contributed by atoms with Gasteiger partial charge in [0.05, 0.1) is 4.90 Å². The molecule has 0 spiro atoms. The van der Waals surface area contributed by atoms with Gasteiger partial charge in [-0.2, -0.15) is 0 Å². The van der Waals surface area contributed by atoms with Crippen molar-refractivity contribution in [1.29, 1.82) is 0 Å². The van der Waals surface area contributed by atoms with Crippen LogP contribution in [0.2, 0.25) is 0 Å². The largest absolute Gasteiger partial charge is 1.00 e. The van der Waals surface area contributed by atoms with Gasteiger partial charge in [0.2, 0.25) is 0 Å². The zero-order chi connectivity index (χ0) is 14.3. The molecular weight excluding hydrogens is 283 g/mol. The summed E-state index contributed by atoms with van der Waals surface area (Å²) in [7, 11) is -4.34. The molecule has 0 aliphatic carbocycles. The van der Waals surface area contributed by atoms with E-state index in [0.29, 0.717) is 12.0 Å². The van der Waals surface area contributed by atoms with Gasteiger partial charge < -0.3 is 4.55 Å². The Morgan fingerprint density at radius 2 is 1.65 bits per heavy atom. The van der Waals surface area contributed by atoms with Crippen molar-refractivity contribution in [3.63, 3.8) is 0 Å². The molecule has 20 heavy (non-hydrogen) atoms. The van der Waals surface area contributed by atoms with Crippen molar-refractivity contribution in [3.8, 4) is 0 Å². The fraction of sp³-hybridized carbons (Fsp3) is 0.600. The second kappa shape index (κ2) is 9.96. The SMILES string of the molecule is CC(C)CCCCCCc1ccccc1S(=O)(=O)[O-].[Na+]. The van der Waals surface area contributed by atoms with Crippen molar-refractivity contribution in [2.75, 3.05) is 0 Å². The standard InChI is InChI=1S/C15H24O3S.Na/c1-13(2)9-5-3-4-6-10-14-11-7-8-12-15(14)19(16,17)18;/h7-8,11-13H,3-6,9-10H2,1-2H3,(H,16,17,18);/q;+1/p-1. The quantitative estimate of drug-likeness (QED) is 0.404. The van der Waals surface area contributed by atoms with Gasteiger partial charge >= 0.3 is 29.6 Å². The van der Waals surface area contributed by atoms with Gasteiger partial charge in [0, 0.05) is 0 Å². The van der Waals surface area contributed by atoms with Gasteiger partial charge in [0.1, 0.15) is 10.1 Å². The molecule has 1 rings (SSSR count). The van der Waals surface area contributed by atoms with Crippen molar-refractivity contribution in [3.05, 3.63) is 29.8 Å². The summed E-state index contributed by atoms with van der Waals surface area (Å²) in [4.78, 5) is -0.0582. The molecule has 0 aliphatic rings. The van der Waals surface area contributed by atoms with Gasteiger partial charge in [0.15, 0.2) is 0 Å². The molecule has 0 amide bonds. The van der Waals surface area contributed by atoms with Crippen molar-refractivity contribution in [1.82, 2.24) is 0 Å². The van der Waals surface area contributed by atoms with E-state index < -0.39 is 10.1 Å². The van der Waals surface area contributed by atoms with Crippen LogP contribution in [-0.2, 0) is 16.5 Å². The van der Waals surface area contributed by atoms with E-state index >= 15 is 0 Å². The van der Waals surface area contributed by atoms with Gasteiger partial charge in [-0.3, -0.25) is 0 Å². The Bertz CT molecular complexity index is 484. The summed E-state index contributed by atoms with van der Waals surface area (Å²) in [6.45, 7) is 4.44. The Labute approximate surface area is 145 Å². The van der Waals surface area contributed by atoms with E-state index in [1.165, 1.54) is 25.3 Å². The van der Waals surface area contributed by atoms with Gasteiger partial charge in [-0.05, 0) is 30.4 Å². The summed E-state index contributed by atoms with van der Waals surface area (Å²) in [6.07, 6.45) is 6.32. The summed E-state index contributed by atoms with van der Waals surface area (Å²) in [6, 6.07) is 6.51. The third-order valence-electron chi connectivity index (χ3n) is 3.22. The minimum Gasteiger partial charge on any atom is -0.744 e. The van der Waals surface area contributed by atoms with Crippen LogP contribution in [0.25, 0.3) is 0 Å². The summed E-state index contributed by atoms with van der Waals surface area (Å²) in [5.74, 6) is 0.742. The molecule has 0 unspecified atom stereocenters. The van der Waals surface area contributed by atoms with Crippen LogP contribution in [0.4, 0.5) is 0 Å². The molecule has 0 heterocycles. The molecule has 0 N–H and O–H groups in total. The van der Waals surface area contributed by atoms with E-state index in [2.05, 4.69) is 13.8 Å². The molecule has 0 saturated heterocycles. The molecule has 1 aromatic rings. The maximum Gasteiger partial charge on any atom is 1.00 e. The molecule has 3 nitrogen and oxygen atoms in total. The van der Waals surface area contributed by atoms with E-state index in [4.69, 9.17) is 0 Å². The molecule has 0 saturated carbocycles. The van der Waals surface area contributed by atoms with Gasteiger partial charge in [-0.1, -0.05) is 57.7 Å². The first kappa shape index (κ1) is 20.1. The zero-order valence-electron chi connectivity index (χ0n) is 12.8. The molecular formula is C15H23NaO3S. The first-order valence-electron chi connectivity index (χ1n) is 6.95. The fourth-order valence-corrected chi connectivity index (χ4v) is 2.91. The van der Waals surface area contributed by atoms with E-state index in [0.717, 1.165) is 18.8 Å². The van der Waals surface area contributed by atoms with Crippen molar-refractivity contribution < 1.29 is 42.5 Å². The smallest absolute Gasteiger partial charge is 0.744 e. The molecule has 0 aromatic heterocycles. The van der Waals surface area contributed by atoms with E-state index in [-0.39, 0.29) is 34.5 Å². The normalized spacial score (nSPS) is 11.4. The summed E-state index contributed by atoms with van der Waals surface area (Å²) < 4.78 is 33.3.